The quantitative estimate of drug-likeness (QED) is 0.641. The fourth-order valence-corrected chi connectivity index (χ4v) is 2.86. The Bertz CT molecular complexity index is 728. The number of halogens is 1. The highest BCUT2D eigenvalue weighted by Gasteiger charge is 2.15. The number of hydrogen-bond acceptors (Lipinski definition) is 6. The maximum atomic E-state index is 13.2. The molecule has 0 fully saturated rings. The molecule has 1 aromatic carbocycles. The summed E-state index contributed by atoms with van der Waals surface area (Å²) in [4.78, 5) is 21.7. The van der Waals surface area contributed by atoms with Crippen LogP contribution in [-0.2, 0) is 10.5 Å². The molecule has 0 aliphatic rings. The molecule has 0 unspecified atom stereocenters. The van der Waals surface area contributed by atoms with E-state index in [1.807, 2.05) is 6.92 Å². The molecule has 1 aromatic heterocycles. The Morgan fingerprint density at radius 2 is 2.22 bits per heavy atom. The van der Waals surface area contributed by atoms with E-state index in [4.69, 9.17) is 4.52 Å². The summed E-state index contributed by atoms with van der Waals surface area (Å²) in [6.07, 6.45) is 0. The monoisotopic (exact) mass is 339 g/mol. The number of carbonyl (C=O) groups excluding carboxylic acids is 1. The van der Waals surface area contributed by atoms with Crippen LogP contribution in [0.5, 0.6) is 0 Å². The van der Waals surface area contributed by atoms with E-state index in [0.717, 1.165) is 23.4 Å². The Morgan fingerprint density at radius 3 is 2.83 bits per heavy atom. The molecule has 1 amide bonds. The summed E-state index contributed by atoms with van der Waals surface area (Å²) in [5.74, 6) is 0.154. The Kier molecular flexibility index (Phi) is 5.32. The molecular formula is C14H14FN3O4S. The van der Waals surface area contributed by atoms with Gasteiger partial charge in [0.15, 0.2) is 0 Å². The van der Waals surface area contributed by atoms with Gasteiger partial charge < -0.3 is 9.84 Å². The van der Waals surface area contributed by atoms with Gasteiger partial charge in [0, 0.05) is 23.1 Å². The highest BCUT2D eigenvalue weighted by molar-refractivity contribution is 7.99. The average molecular weight is 339 g/mol. The smallest absolute Gasteiger partial charge is 0.306 e. The standard InChI is InChI=1S/C14H14FN3O4S/c1-8-11(9(2)22-17-8)6-23-7-14(19)16-10-3-4-12(15)13(5-10)18(20)21/h3-5H,6-7H2,1-2H3,(H,16,19). The molecule has 1 heterocycles. The van der Waals surface area contributed by atoms with Gasteiger partial charge in [0.2, 0.25) is 11.7 Å². The molecule has 0 spiro atoms. The van der Waals surface area contributed by atoms with Gasteiger partial charge in [-0.2, -0.15) is 4.39 Å². The highest BCUT2D eigenvalue weighted by atomic mass is 32.2. The van der Waals surface area contributed by atoms with E-state index in [1.54, 1.807) is 6.92 Å². The summed E-state index contributed by atoms with van der Waals surface area (Å²) in [6, 6.07) is 3.22. The average Bonchev–Trinajstić information content (AvgIpc) is 2.80. The number of aryl methyl sites for hydroxylation is 2. The number of nitro groups is 1. The third-order valence-corrected chi connectivity index (χ3v) is 4.05. The van der Waals surface area contributed by atoms with Gasteiger partial charge in [-0.15, -0.1) is 11.8 Å². The minimum Gasteiger partial charge on any atom is -0.361 e. The fraction of sp³-hybridized carbons (Fsp3) is 0.286. The Labute approximate surface area is 135 Å². The Morgan fingerprint density at radius 1 is 1.48 bits per heavy atom. The van der Waals surface area contributed by atoms with Crippen molar-refractivity contribution in [2.24, 2.45) is 0 Å². The van der Waals surface area contributed by atoms with E-state index in [-0.39, 0.29) is 17.3 Å². The SMILES string of the molecule is Cc1noc(C)c1CSCC(=O)Nc1ccc(F)c([N+](=O)[O-])c1. The van der Waals surface area contributed by atoms with E-state index in [2.05, 4.69) is 10.5 Å². The highest BCUT2D eigenvalue weighted by Crippen LogP contribution is 2.22. The van der Waals surface area contributed by atoms with E-state index in [1.165, 1.54) is 17.8 Å². The molecule has 0 atom stereocenters. The molecule has 9 heteroatoms. The minimum atomic E-state index is -0.944. The first kappa shape index (κ1) is 16.9. The van der Waals surface area contributed by atoms with Crippen LogP contribution in [0.25, 0.3) is 0 Å². The number of aromatic nitrogens is 1. The molecule has 0 saturated carbocycles. The van der Waals surface area contributed by atoms with E-state index in [9.17, 15) is 19.3 Å². The molecule has 2 rings (SSSR count). The summed E-state index contributed by atoms with van der Waals surface area (Å²) in [6.45, 7) is 3.62. The number of hydrogen-bond donors (Lipinski definition) is 1. The molecule has 23 heavy (non-hydrogen) atoms. The molecule has 0 saturated heterocycles. The number of amides is 1. The van der Waals surface area contributed by atoms with Gasteiger partial charge in [-0.3, -0.25) is 14.9 Å². The van der Waals surface area contributed by atoms with Gasteiger partial charge in [0.25, 0.3) is 0 Å². The number of nitro benzene ring substituents is 1. The second-order valence-corrected chi connectivity index (χ2v) is 5.75. The van der Waals surface area contributed by atoms with E-state index < -0.39 is 16.4 Å². The first-order chi connectivity index (χ1) is 10.9. The molecule has 7 nitrogen and oxygen atoms in total. The molecular weight excluding hydrogens is 325 g/mol. The molecule has 2 aromatic rings. The zero-order valence-electron chi connectivity index (χ0n) is 12.5. The Hall–Kier alpha value is -2.42. The predicted octanol–water partition coefficient (Wildman–Crippen LogP) is 3.21. The lowest BCUT2D eigenvalue weighted by Gasteiger charge is -2.05. The van der Waals surface area contributed by atoms with E-state index >= 15 is 0 Å². The third-order valence-electron chi connectivity index (χ3n) is 3.09. The molecule has 122 valence electrons. The summed E-state index contributed by atoms with van der Waals surface area (Å²) < 4.78 is 18.3. The first-order valence-electron chi connectivity index (χ1n) is 6.61. The lowest BCUT2D eigenvalue weighted by atomic mass is 10.2. The summed E-state index contributed by atoms with van der Waals surface area (Å²) in [5.41, 5.74) is 1.23. The van der Waals surface area contributed by atoms with Crippen molar-refractivity contribution in [1.82, 2.24) is 5.16 Å². The van der Waals surface area contributed by atoms with Crippen molar-refractivity contribution in [2.45, 2.75) is 19.6 Å². The second-order valence-electron chi connectivity index (χ2n) is 4.77. The summed E-state index contributed by atoms with van der Waals surface area (Å²) in [5, 5.41) is 17.0. The van der Waals surface area contributed by atoms with Crippen molar-refractivity contribution in [3.05, 3.63) is 51.1 Å². The lowest BCUT2D eigenvalue weighted by Crippen LogP contribution is -2.14. The first-order valence-corrected chi connectivity index (χ1v) is 7.77. The van der Waals surface area contributed by atoms with Gasteiger partial charge >= 0.3 is 5.69 Å². The van der Waals surface area contributed by atoms with Crippen LogP contribution < -0.4 is 5.32 Å². The van der Waals surface area contributed by atoms with Gasteiger partial charge in [-0.25, -0.2) is 0 Å². The zero-order valence-corrected chi connectivity index (χ0v) is 13.3. The molecule has 0 bridgehead atoms. The molecule has 1 N–H and O–H groups in total. The lowest BCUT2D eigenvalue weighted by molar-refractivity contribution is -0.387. The maximum Gasteiger partial charge on any atom is 0.306 e. The number of nitrogens with one attached hydrogen (secondary N) is 1. The molecule has 0 aliphatic carbocycles. The van der Waals surface area contributed by atoms with Gasteiger partial charge in [0.05, 0.1) is 16.4 Å². The van der Waals surface area contributed by atoms with Crippen LogP contribution in [0.4, 0.5) is 15.8 Å². The van der Waals surface area contributed by atoms with Crippen LogP contribution in [0.2, 0.25) is 0 Å². The van der Waals surface area contributed by atoms with Crippen molar-refractivity contribution in [1.29, 1.82) is 0 Å². The number of benzene rings is 1. The largest absolute Gasteiger partial charge is 0.361 e. The second kappa shape index (κ2) is 7.23. The summed E-state index contributed by atoms with van der Waals surface area (Å²) >= 11 is 1.36. The minimum absolute atomic E-state index is 0.148. The van der Waals surface area contributed by atoms with Crippen LogP contribution in [0.15, 0.2) is 22.7 Å². The van der Waals surface area contributed by atoms with Crippen molar-refractivity contribution in [3.8, 4) is 0 Å². The topological polar surface area (TPSA) is 98.3 Å². The van der Waals surface area contributed by atoms with Gasteiger partial charge in [-0.1, -0.05) is 5.16 Å². The van der Waals surface area contributed by atoms with Crippen molar-refractivity contribution in [2.75, 3.05) is 11.1 Å². The van der Waals surface area contributed by atoms with Crippen molar-refractivity contribution < 1.29 is 18.6 Å². The zero-order chi connectivity index (χ0) is 17.0. The van der Waals surface area contributed by atoms with Crippen LogP contribution in [0.3, 0.4) is 0 Å². The van der Waals surface area contributed by atoms with Crippen LogP contribution >= 0.6 is 11.8 Å². The number of anilines is 1. The third kappa shape index (κ3) is 4.28. The number of rotatable bonds is 6. The van der Waals surface area contributed by atoms with Crippen molar-refractivity contribution >= 4 is 29.0 Å². The predicted molar refractivity (Wildman–Crippen MR) is 83.8 cm³/mol. The van der Waals surface area contributed by atoms with Crippen molar-refractivity contribution in [3.63, 3.8) is 0 Å². The van der Waals surface area contributed by atoms with Crippen LogP contribution in [-0.4, -0.2) is 21.7 Å². The normalized spacial score (nSPS) is 10.6. The van der Waals surface area contributed by atoms with Gasteiger partial charge in [0.1, 0.15) is 5.76 Å². The molecule has 0 radical (unpaired) electrons. The van der Waals surface area contributed by atoms with Gasteiger partial charge in [-0.05, 0) is 26.0 Å². The maximum absolute atomic E-state index is 13.2. The number of carbonyl (C=O) groups is 1. The summed E-state index contributed by atoms with van der Waals surface area (Å²) in [7, 11) is 0. The van der Waals surface area contributed by atoms with Crippen LogP contribution in [0.1, 0.15) is 17.0 Å². The number of thioether (sulfide) groups is 1. The fourth-order valence-electron chi connectivity index (χ4n) is 1.88. The number of nitrogens with zero attached hydrogens (tertiary/aromatic N) is 2. The Balaban J connectivity index is 1.90. The van der Waals surface area contributed by atoms with E-state index in [0.29, 0.717) is 11.5 Å². The molecule has 0 aliphatic heterocycles. The van der Waals surface area contributed by atoms with Crippen LogP contribution in [0, 0.1) is 29.8 Å².